The second-order valence-corrected chi connectivity index (χ2v) is 8.34. The van der Waals surface area contributed by atoms with Crippen LogP contribution in [0.2, 0.25) is 0 Å². The molecule has 1 radical (unpaired) electrons. The van der Waals surface area contributed by atoms with Gasteiger partial charge in [-0.1, -0.05) is 54.9 Å². The third kappa shape index (κ3) is 17.6. The Hall–Kier alpha value is -1.93. The molecule has 1 aliphatic carbocycles. The van der Waals surface area contributed by atoms with Gasteiger partial charge < -0.3 is 34.2 Å². The molecule has 2 aromatic rings. The van der Waals surface area contributed by atoms with Crippen molar-refractivity contribution in [2.75, 3.05) is 36.5 Å². The van der Waals surface area contributed by atoms with E-state index in [0.717, 1.165) is 43.2 Å². The van der Waals surface area contributed by atoms with Crippen LogP contribution in [0.4, 0.5) is 21.5 Å². The van der Waals surface area contributed by atoms with Gasteiger partial charge in [0, 0.05) is 70.7 Å². The molecule has 3 rings (SSSR count). The van der Waals surface area contributed by atoms with Crippen molar-refractivity contribution in [1.29, 1.82) is 0 Å². The third-order valence-corrected chi connectivity index (χ3v) is 5.62. The number of nitrogens with one attached hydrogen (secondary N) is 2. The van der Waals surface area contributed by atoms with E-state index in [4.69, 9.17) is 21.4 Å². The molecular weight excluding hydrogens is 518 g/mol. The van der Waals surface area contributed by atoms with Crippen molar-refractivity contribution in [3.05, 3.63) is 55.2 Å². The summed E-state index contributed by atoms with van der Waals surface area (Å²) in [5, 5.41) is 11.6. The second kappa shape index (κ2) is 26.7. The zero-order valence-electron chi connectivity index (χ0n) is 22.7. The quantitative estimate of drug-likeness (QED) is 0.0832. The molecule has 0 saturated heterocycles. The Balaban J connectivity index is -0.000000112. The Bertz CT molecular complexity index is 778. The summed E-state index contributed by atoms with van der Waals surface area (Å²) in [4.78, 5) is 0. The van der Waals surface area contributed by atoms with Crippen LogP contribution in [0.15, 0.2) is 36.4 Å². The Morgan fingerprint density at radius 2 is 1.66 bits per heavy atom. The summed E-state index contributed by atoms with van der Waals surface area (Å²) in [7, 11) is 0. The van der Waals surface area contributed by atoms with Crippen LogP contribution < -0.4 is 27.0 Å². The van der Waals surface area contributed by atoms with Gasteiger partial charge in [-0.3, -0.25) is 0 Å². The maximum Gasteiger partial charge on any atom is 0.132 e. The first-order chi connectivity index (χ1) is 16.5. The number of hydrogen-bond acceptors (Lipinski definition) is 6. The molecule has 1 fully saturated rings. The van der Waals surface area contributed by atoms with E-state index in [1.807, 2.05) is 45.0 Å². The molecule has 0 atom stereocenters. The van der Waals surface area contributed by atoms with Crippen molar-refractivity contribution in [2.24, 2.45) is 5.92 Å². The summed E-state index contributed by atoms with van der Waals surface area (Å²) in [5.74, 6) is 0.929. The van der Waals surface area contributed by atoms with E-state index in [-0.39, 0.29) is 50.9 Å². The molecule has 0 aliphatic heterocycles. The predicted octanol–water partition coefficient (Wildman–Crippen LogP) is 8.85. The minimum absolute atomic E-state index is 0. The number of nitrogen functional groups attached to an aromatic ring is 2. The monoisotopic (exact) mass is 580 g/mol. The van der Waals surface area contributed by atoms with Gasteiger partial charge in [-0.2, -0.15) is 0 Å². The Labute approximate surface area is 249 Å². The SMILES string of the molecule is C.C.CC.CCCOc1cc(N)c(CCCNc2ccc(N)cc2)c(F)c1.ONCC1CCCCC1.[CH3-].[HH].[HH].[HH].[V]. The van der Waals surface area contributed by atoms with Gasteiger partial charge in [0.15, 0.2) is 0 Å². The molecule has 6 nitrogen and oxygen atoms in total. The molecule has 1 saturated carbocycles. The van der Waals surface area contributed by atoms with Crippen molar-refractivity contribution >= 4 is 17.1 Å². The number of ether oxygens (including phenoxy) is 1. The van der Waals surface area contributed by atoms with E-state index in [0.29, 0.717) is 30.0 Å². The van der Waals surface area contributed by atoms with E-state index in [9.17, 15) is 4.39 Å². The normalized spacial score (nSPS) is 11.8. The number of hydroxylamine groups is 1. The number of anilines is 3. The molecule has 0 bridgehead atoms. The molecule has 7 N–H and O–H groups in total. The molecule has 0 amide bonds. The van der Waals surface area contributed by atoms with E-state index < -0.39 is 0 Å². The third-order valence-electron chi connectivity index (χ3n) is 5.62. The molecule has 8 heteroatoms. The molecular formula is C30H62FN4O2V-. The number of rotatable bonds is 10. The van der Waals surface area contributed by atoms with Gasteiger partial charge in [-0.15, -0.1) is 0 Å². The minimum atomic E-state index is -0.302. The topological polar surface area (TPSA) is 106 Å². The molecule has 2 aromatic carbocycles. The number of nitrogens with two attached hydrogens (primary N) is 2. The van der Waals surface area contributed by atoms with Gasteiger partial charge >= 0.3 is 0 Å². The molecule has 227 valence electrons. The zero-order valence-corrected chi connectivity index (χ0v) is 24.1. The average Bonchev–Trinajstić information content (AvgIpc) is 2.85. The van der Waals surface area contributed by atoms with Crippen molar-refractivity contribution in [1.82, 2.24) is 5.48 Å². The van der Waals surface area contributed by atoms with E-state index >= 15 is 0 Å². The summed E-state index contributed by atoms with van der Waals surface area (Å²) in [6.45, 7) is 8.09. The maximum absolute atomic E-state index is 14.1. The predicted molar refractivity (Wildman–Crippen MR) is 168 cm³/mol. The fraction of sp³-hybridized carbons (Fsp3) is 0.567. The average molecular weight is 581 g/mol. The first kappa shape index (κ1) is 43.1. The van der Waals surface area contributed by atoms with Crippen LogP contribution >= 0.6 is 0 Å². The van der Waals surface area contributed by atoms with E-state index in [1.54, 1.807) is 6.07 Å². The smallest absolute Gasteiger partial charge is 0.132 e. The van der Waals surface area contributed by atoms with Crippen molar-refractivity contribution in [3.63, 3.8) is 0 Å². The summed E-state index contributed by atoms with van der Waals surface area (Å²) >= 11 is 0. The van der Waals surface area contributed by atoms with E-state index in [2.05, 4.69) is 10.8 Å². The summed E-state index contributed by atoms with van der Waals surface area (Å²) in [5.41, 5.74) is 16.6. The Morgan fingerprint density at radius 3 is 2.18 bits per heavy atom. The molecule has 0 heterocycles. The maximum atomic E-state index is 14.1. The Kier molecular flexibility index (Phi) is 30.3. The van der Waals surface area contributed by atoms with Crippen molar-refractivity contribution in [3.8, 4) is 5.75 Å². The summed E-state index contributed by atoms with van der Waals surface area (Å²) in [6.07, 6.45) is 8.93. The summed E-state index contributed by atoms with van der Waals surface area (Å²) < 4.78 is 19.6. The molecule has 1 aliphatic rings. The standard InChI is InChI=1S/C18H24FN3O.C7H15NO.C2H6.2CH4.CH3.V.3H2/c1-2-10-23-15-11-17(19)16(18(21)12-15)4-3-9-22-14-7-5-13(20)6-8-14;9-8-6-7-4-2-1-3-5-7;1-2;;;;;;;/h5-8,11-12,22H,2-4,9-10,20-21H2,1H3;7-9H,1-6H2;1-2H3;2*1H4;1H3;;3*1H/q;;;;;-1;;;;. The Morgan fingerprint density at radius 1 is 1.05 bits per heavy atom. The van der Waals surface area contributed by atoms with E-state index in [1.165, 1.54) is 38.2 Å². The zero-order chi connectivity index (χ0) is 25.2. The van der Waals surface area contributed by atoms with Crippen LogP contribution in [0.25, 0.3) is 0 Å². The van der Waals surface area contributed by atoms with Gasteiger partial charge in [0.1, 0.15) is 11.6 Å². The van der Waals surface area contributed by atoms with Gasteiger partial charge in [0.05, 0.1) is 6.61 Å². The summed E-state index contributed by atoms with van der Waals surface area (Å²) in [6, 6.07) is 10.6. The van der Waals surface area contributed by atoms with Crippen LogP contribution in [0.5, 0.6) is 5.75 Å². The molecule has 0 aromatic heterocycles. The first-order valence-corrected chi connectivity index (χ1v) is 12.7. The largest absolute Gasteiger partial charge is 0.493 e. The molecule has 0 unspecified atom stereocenters. The number of halogens is 1. The second-order valence-electron chi connectivity index (χ2n) is 8.34. The van der Waals surface area contributed by atoms with Crippen molar-refractivity contribution in [2.45, 2.75) is 87.0 Å². The van der Waals surface area contributed by atoms with Crippen LogP contribution in [-0.4, -0.2) is 24.9 Å². The van der Waals surface area contributed by atoms with Crippen LogP contribution in [0.1, 0.15) is 90.4 Å². The first-order valence-electron chi connectivity index (χ1n) is 12.7. The minimum Gasteiger partial charge on any atom is -0.493 e. The number of benzene rings is 2. The van der Waals surface area contributed by atoms with Gasteiger partial charge in [0.2, 0.25) is 0 Å². The van der Waals surface area contributed by atoms with Gasteiger partial charge in [0.25, 0.3) is 0 Å². The van der Waals surface area contributed by atoms with Crippen LogP contribution in [0, 0.1) is 19.2 Å². The molecule has 38 heavy (non-hydrogen) atoms. The van der Waals surface area contributed by atoms with Crippen molar-refractivity contribution < 1.29 is 37.2 Å². The number of hydrogen-bond donors (Lipinski definition) is 5. The van der Waals surface area contributed by atoms with Crippen LogP contribution in [-0.2, 0) is 25.0 Å². The van der Waals surface area contributed by atoms with Gasteiger partial charge in [-0.25, -0.2) is 9.87 Å². The fourth-order valence-electron chi connectivity index (χ4n) is 3.82. The molecule has 0 spiro atoms. The van der Waals surface area contributed by atoms with Crippen LogP contribution in [0.3, 0.4) is 0 Å². The fourth-order valence-corrected chi connectivity index (χ4v) is 3.82. The van der Waals surface area contributed by atoms with Gasteiger partial charge in [-0.05, 0) is 62.3 Å².